The molecule has 0 saturated carbocycles. The fourth-order valence-corrected chi connectivity index (χ4v) is 3.71. The quantitative estimate of drug-likeness (QED) is 0.445. The highest BCUT2D eigenvalue weighted by Crippen LogP contribution is 2.56. The molecule has 0 bridgehead atoms. The second kappa shape index (κ2) is 6.87. The topological polar surface area (TPSA) is 87.9 Å². The number of hydrogen-bond acceptors (Lipinski definition) is 6. The Kier molecular flexibility index (Phi) is 4.80. The zero-order valence-corrected chi connectivity index (χ0v) is 13.5. The van der Waals surface area contributed by atoms with Crippen LogP contribution in [-0.4, -0.2) is 11.5 Å². The molecule has 25 heavy (non-hydrogen) atoms. The van der Waals surface area contributed by atoms with Crippen molar-refractivity contribution >= 4 is 13.5 Å². The summed E-state index contributed by atoms with van der Waals surface area (Å²) >= 11 is 0. The van der Waals surface area contributed by atoms with Crippen LogP contribution < -0.4 is 4.52 Å². The number of hydrogen-bond donors (Lipinski definition) is 0. The van der Waals surface area contributed by atoms with Crippen LogP contribution in [0.1, 0.15) is 18.1 Å². The molecule has 1 unspecified atom stereocenters. The monoisotopic (exact) mass is 371 g/mol. The Labute approximate surface area is 140 Å². The third-order valence-corrected chi connectivity index (χ3v) is 4.85. The van der Waals surface area contributed by atoms with Crippen molar-refractivity contribution in [3.05, 3.63) is 69.8 Å². The number of rotatable bonds is 4. The van der Waals surface area contributed by atoms with Gasteiger partial charge in [-0.25, -0.2) is 13.3 Å². The van der Waals surface area contributed by atoms with Crippen LogP contribution in [0, 0.1) is 21.7 Å². The maximum absolute atomic E-state index is 13.3. The average molecular weight is 371 g/mol. The molecule has 0 spiro atoms. The van der Waals surface area contributed by atoms with Gasteiger partial charge in [0.2, 0.25) is 0 Å². The zero-order chi connectivity index (χ0) is 18.0. The molecule has 0 aromatic heterocycles. The van der Waals surface area contributed by atoms with E-state index in [0.29, 0.717) is 0 Å². The molecule has 132 valence electrons. The molecule has 0 N–H and O–H groups in total. The van der Waals surface area contributed by atoms with Gasteiger partial charge in [0.1, 0.15) is 17.4 Å². The van der Waals surface area contributed by atoms with E-state index in [1.807, 2.05) is 0 Å². The van der Waals surface area contributed by atoms with Crippen molar-refractivity contribution in [1.82, 2.24) is 0 Å². The van der Waals surface area contributed by atoms with Gasteiger partial charge >= 0.3 is 7.82 Å². The number of phosphoric acid groups is 1. The second-order valence-electron chi connectivity index (χ2n) is 5.21. The highest BCUT2D eigenvalue weighted by Gasteiger charge is 2.38. The predicted octanol–water partition coefficient (Wildman–Crippen LogP) is 4.54. The smallest absolute Gasteiger partial charge is 0.404 e. The first-order valence-corrected chi connectivity index (χ1v) is 8.64. The van der Waals surface area contributed by atoms with Crippen LogP contribution in [-0.2, 0) is 13.6 Å². The second-order valence-corrected chi connectivity index (χ2v) is 6.75. The van der Waals surface area contributed by atoms with Gasteiger partial charge in [0, 0.05) is 24.6 Å². The standard InChI is InChI=1S/C15H12F2NO6P/c16-11-7-10(8-12(17)9-11)15-5-6-22-25(21,24-15)23-14-3-1-13(2-4-14)18(19)20/h1-4,7-9,15H,5-6H2/t15-,25?/m0/s1. The highest BCUT2D eigenvalue weighted by molar-refractivity contribution is 7.49. The molecule has 10 heteroatoms. The molecule has 1 saturated heterocycles. The Morgan fingerprint density at radius 1 is 1.16 bits per heavy atom. The molecular weight excluding hydrogens is 359 g/mol. The molecule has 1 fully saturated rings. The molecule has 1 aliphatic heterocycles. The molecule has 0 amide bonds. The van der Waals surface area contributed by atoms with Gasteiger partial charge in [0.25, 0.3) is 5.69 Å². The van der Waals surface area contributed by atoms with Gasteiger partial charge in [-0.2, -0.15) is 0 Å². The van der Waals surface area contributed by atoms with Crippen LogP contribution in [0.3, 0.4) is 0 Å². The molecule has 2 atom stereocenters. The van der Waals surface area contributed by atoms with Gasteiger partial charge in [-0.1, -0.05) is 0 Å². The van der Waals surface area contributed by atoms with Crippen molar-refractivity contribution < 1.29 is 31.8 Å². The first-order valence-electron chi connectivity index (χ1n) is 7.18. The number of non-ortho nitro benzene ring substituents is 1. The van der Waals surface area contributed by atoms with Gasteiger partial charge < -0.3 is 4.52 Å². The summed E-state index contributed by atoms with van der Waals surface area (Å²) in [6.45, 7) is -0.00689. The lowest BCUT2D eigenvalue weighted by Crippen LogP contribution is -2.17. The number of nitro groups is 1. The van der Waals surface area contributed by atoms with Crippen LogP contribution in [0.2, 0.25) is 0 Å². The number of benzene rings is 2. The fraction of sp³-hybridized carbons (Fsp3) is 0.200. The number of nitro benzene ring substituents is 1. The number of nitrogens with zero attached hydrogens (tertiary/aromatic N) is 1. The number of halogens is 2. The van der Waals surface area contributed by atoms with E-state index in [1.54, 1.807) is 0 Å². The average Bonchev–Trinajstić information content (AvgIpc) is 2.54. The van der Waals surface area contributed by atoms with E-state index in [-0.39, 0.29) is 30.0 Å². The normalized spacial score (nSPS) is 23.2. The van der Waals surface area contributed by atoms with Gasteiger partial charge in [0.05, 0.1) is 17.6 Å². The molecule has 1 heterocycles. The molecule has 2 aromatic rings. The van der Waals surface area contributed by atoms with Gasteiger partial charge in [-0.3, -0.25) is 19.2 Å². The van der Waals surface area contributed by atoms with Crippen molar-refractivity contribution in [2.24, 2.45) is 0 Å². The molecular formula is C15H12F2NO6P. The number of phosphoric ester groups is 1. The van der Waals surface area contributed by atoms with Crippen LogP contribution in [0.15, 0.2) is 42.5 Å². The third-order valence-electron chi connectivity index (χ3n) is 3.41. The van der Waals surface area contributed by atoms with E-state index in [0.717, 1.165) is 18.2 Å². The Hall–Kier alpha value is -2.35. The molecule has 0 aliphatic carbocycles. The minimum absolute atomic E-state index is 0.00689. The lowest BCUT2D eigenvalue weighted by atomic mass is 10.1. The maximum Gasteiger partial charge on any atom is 0.530 e. The lowest BCUT2D eigenvalue weighted by molar-refractivity contribution is -0.384. The van der Waals surface area contributed by atoms with Crippen molar-refractivity contribution in [3.8, 4) is 5.75 Å². The van der Waals surface area contributed by atoms with Gasteiger partial charge in [-0.15, -0.1) is 0 Å². The Morgan fingerprint density at radius 3 is 2.40 bits per heavy atom. The van der Waals surface area contributed by atoms with E-state index in [2.05, 4.69) is 0 Å². The summed E-state index contributed by atoms with van der Waals surface area (Å²) in [5.41, 5.74) is 0.0116. The van der Waals surface area contributed by atoms with Gasteiger partial charge in [0.15, 0.2) is 0 Å². The molecule has 3 rings (SSSR count). The third kappa shape index (κ3) is 4.19. The first kappa shape index (κ1) is 17.5. The maximum atomic E-state index is 13.3. The summed E-state index contributed by atoms with van der Waals surface area (Å²) in [7, 11) is -4.04. The zero-order valence-electron chi connectivity index (χ0n) is 12.6. The van der Waals surface area contributed by atoms with E-state index < -0.39 is 30.5 Å². The summed E-state index contributed by atoms with van der Waals surface area (Å²) in [5.74, 6) is -1.52. The summed E-state index contributed by atoms with van der Waals surface area (Å²) in [6.07, 6.45) is -0.640. The van der Waals surface area contributed by atoms with E-state index in [9.17, 15) is 23.5 Å². The van der Waals surface area contributed by atoms with E-state index in [4.69, 9.17) is 13.6 Å². The van der Waals surface area contributed by atoms with Crippen LogP contribution >= 0.6 is 7.82 Å². The molecule has 2 aromatic carbocycles. The summed E-state index contributed by atoms with van der Waals surface area (Å²) in [5, 5.41) is 10.6. The van der Waals surface area contributed by atoms with Crippen molar-refractivity contribution in [3.63, 3.8) is 0 Å². The SMILES string of the molecule is O=[N+]([O-])c1ccc(OP2(=O)OCC[C@@H](c3cc(F)cc(F)c3)O2)cc1. The van der Waals surface area contributed by atoms with Crippen LogP contribution in [0.5, 0.6) is 5.75 Å². The minimum atomic E-state index is -4.04. The highest BCUT2D eigenvalue weighted by atomic mass is 31.2. The predicted molar refractivity (Wildman–Crippen MR) is 82.1 cm³/mol. The fourth-order valence-electron chi connectivity index (χ4n) is 2.30. The first-order chi connectivity index (χ1) is 11.8. The molecule has 0 radical (unpaired) electrons. The van der Waals surface area contributed by atoms with Crippen molar-refractivity contribution in [2.45, 2.75) is 12.5 Å². The van der Waals surface area contributed by atoms with E-state index >= 15 is 0 Å². The molecule has 1 aliphatic rings. The largest absolute Gasteiger partial charge is 0.530 e. The summed E-state index contributed by atoms with van der Waals surface area (Å²) in [4.78, 5) is 10.0. The van der Waals surface area contributed by atoms with Crippen molar-refractivity contribution in [2.75, 3.05) is 6.61 Å². The van der Waals surface area contributed by atoms with Crippen LogP contribution in [0.25, 0.3) is 0 Å². The Morgan fingerprint density at radius 2 is 1.80 bits per heavy atom. The minimum Gasteiger partial charge on any atom is -0.404 e. The van der Waals surface area contributed by atoms with Crippen molar-refractivity contribution in [1.29, 1.82) is 0 Å². The Balaban J connectivity index is 1.77. The Bertz CT molecular complexity index is 824. The van der Waals surface area contributed by atoms with Gasteiger partial charge in [-0.05, 0) is 29.8 Å². The lowest BCUT2D eigenvalue weighted by Gasteiger charge is -2.29. The van der Waals surface area contributed by atoms with E-state index in [1.165, 1.54) is 24.3 Å². The summed E-state index contributed by atoms with van der Waals surface area (Å²) < 4.78 is 54.8. The van der Waals surface area contributed by atoms with Crippen LogP contribution in [0.4, 0.5) is 14.5 Å². The molecule has 7 nitrogen and oxygen atoms in total. The summed E-state index contributed by atoms with van der Waals surface area (Å²) in [6, 6.07) is 7.71.